The topological polar surface area (TPSA) is 20.2 Å². The van der Waals surface area contributed by atoms with E-state index in [1.54, 1.807) is 0 Å². The molecule has 56 valence electrons. The summed E-state index contributed by atoms with van der Waals surface area (Å²) >= 11 is -0.540. The van der Waals surface area contributed by atoms with E-state index in [0.29, 0.717) is 0 Å². The molecule has 1 atom stereocenters. The van der Waals surface area contributed by atoms with Crippen molar-refractivity contribution in [1.82, 2.24) is 0 Å². The van der Waals surface area contributed by atoms with E-state index in [0.717, 1.165) is 12.2 Å². The van der Waals surface area contributed by atoms with Crippen molar-refractivity contribution in [1.29, 1.82) is 0 Å². The van der Waals surface area contributed by atoms with E-state index in [9.17, 15) is 0 Å². The monoisotopic (exact) mass is 210 g/mol. The molecule has 0 rings (SSSR count). The first-order chi connectivity index (χ1) is 4.16. The van der Waals surface area contributed by atoms with Gasteiger partial charge in [-0.15, -0.1) is 0 Å². The Labute approximate surface area is 65.5 Å². The molecular weight excluding hydrogens is 195 g/mol. The van der Waals surface area contributed by atoms with Gasteiger partial charge in [0.1, 0.15) is 0 Å². The Morgan fingerprint density at radius 2 is 2.11 bits per heavy atom. The molecule has 0 aromatic carbocycles. The van der Waals surface area contributed by atoms with Crippen LogP contribution >= 0.6 is 10.0 Å². The van der Waals surface area contributed by atoms with Crippen LogP contribution in [0.25, 0.3) is 0 Å². The summed E-state index contributed by atoms with van der Waals surface area (Å²) in [5.41, 5.74) is 4.58. The Kier molecular flexibility index (Phi) is 6.18. The van der Waals surface area contributed by atoms with Gasteiger partial charge in [-0.2, -0.15) is 0 Å². The van der Waals surface area contributed by atoms with Gasteiger partial charge in [0.05, 0.1) is 0 Å². The number of hydrogen-bond donors (Lipinski definition) is 1. The molecule has 0 radical (unpaired) electrons. The molecule has 1 unspecified atom stereocenters. The van der Waals surface area contributed by atoms with Gasteiger partial charge in [-0.05, 0) is 0 Å². The first-order valence-corrected chi connectivity index (χ1v) is 10.1. The second kappa shape index (κ2) is 5.64. The van der Waals surface area contributed by atoms with Crippen molar-refractivity contribution in [2.75, 3.05) is 5.75 Å². The second-order valence-corrected chi connectivity index (χ2v) is 11.6. The number of hydrogen-bond acceptors (Lipinski definition) is 2. The number of aliphatic hydroxyl groups is 1. The second-order valence-electron chi connectivity index (χ2n) is 2.17. The summed E-state index contributed by atoms with van der Waals surface area (Å²) in [5, 5.41) is 9.11. The molecule has 1 nitrogen and oxygen atoms in total. The molecular formula is C6H15AsOS. The van der Waals surface area contributed by atoms with Gasteiger partial charge < -0.3 is 0 Å². The summed E-state index contributed by atoms with van der Waals surface area (Å²) in [6.07, 6.45) is 0.835. The van der Waals surface area contributed by atoms with Gasteiger partial charge in [0, 0.05) is 0 Å². The Morgan fingerprint density at radius 3 is 2.44 bits per heavy atom. The zero-order valence-corrected chi connectivity index (χ0v) is 8.99. The molecule has 0 aromatic heterocycles. The van der Waals surface area contributed by atoms with Crippen LogP contribution in [-0.4, -0.2) is 30.5 Å². The summed E-state index contributed by atoms with van der Waals surface area (Å²) in [4.78, 5) is 0. The van der Waals surface area contributed by atoms with E-state index < -0.39 is 13.5 Å². The van der Waals surface area contributed by atoms with E-state index in [4.69, 9.17) is 5.11 Å². The van der Waals surface area contributed by atoms with E-state index in [1.807, 2.05) is 16.9 Å². The summed E-state index contributed by atoms with van der Waals surface area (Å²) in [7, 11) is 1.96. The minimum atomic E-state index is -0.540. The van der Waals surface area contributed by atoms with Gasteiger partial charge in [0.2, 0.25) is 0 Å². The third kappa shape index (κ3) is 6.76. The first-order valence-electron chi connectivity index (χ1n) is 3.15. The maximum absolute atomic E-state index is 9.11. The van der Waals surface area contributed by atoms with Crippen LogP contribution in [0.2, 0.25) is 11.4 Å². The summed E-state index contributed by atoms with van der Waals surface area (Å²) < 4.78 is 0. The van der Waals surface area contributed by atoms with Gasteiger partial charge >= 0.3 is 65.3 Å². The fraction of sp³-hybridized carbons (Fsp3) is 1.00. The standard InChI is InChI=1S/C6H15AsOS/c1-4-6(8)5-9-7(2)3/h6,8H,4-5H2,1-3H3. The predicted octanol–water partition coefficient (Wildman–Crippen LogP) is 1.74. The van der Waals surface area contributed by atoms with E-state index >= 15 is 0 Å². The molecule has 0 aliphatic carbocycles. The van der Waals surface area contributed by atoms with Crippen LogP contribution in [0.1, 0.15) is 13.3 Å². The molecule has 3 heteroatoms. The van der Waals surface area contributed by atoms with Crippen molar-refractivity contribution < 1.29 is 5.11 Å². The molecule has 0 bridgehead atoms. The van der Waals surface area contributed by atoms with Crippen LogP contribution in [0.4, 0.5) is 0 Å². The fourth-order valence-corrected chi connectivity index (χ4v) is 4.02. The van der Waals surface area contributed by atoms with Crippen molar-refractivity contribution in [2.45, 2.75) is 30.9 Å². The molecule has 0 saturated carbocycles. The SMILES string of the molecule is CCC(O)CS[As](C)C. The minimum absolute atomic E-state index is 0.0632. The van der Waals surface area contributed by atoms with Crippen LogP contribution in [0.3, 0.4) is 0 Å². The summed E-state index contributed by atoms with van der Waals surface area (Å²) in [5.74, 6) is 0.948. The van der Waals surface area contributed by atoms with Crippen molar-refractivity contribution in [2.24, 2.45) is 0 Å². The van der Waals surface area contributed by atoms with Gasteiger partial charge in [-0.25, -0.2) is 0 Å². The Hall–Kier alpha value is 0.868. The molecule has 0 heterocycles. The van der Waals surface area contributed by atoms with Crippen molar-refractivity contribution in [3.05, 3.63) is 0 Å². The van der Waals surface area contributed by atoms with E-state index in [1.165, 1.54) is 0 Å². The van der Waals surface area contributed by atoms with Crippen molar-refractivity contribution in [3.63, 3.8) is 0 Å². The Morgan fingerprint density at radius 1 is 1.56 bits per heavy atom. The van der Waals surface area contributed by atoms with E-state index in [-0.39, 0.29) is 6.10 Å². The van der Waals surface area contributed by atoms with Gasteiger partial charge in [-0.1, -0.05) is 0 Å². The van der Waals surface area contributed by atoms with Gasteiger partial charge in [0.15, 0.2) is 0 Å². The van der Waals surface area contributed by atoms with Crippen LogP contribution in [0, 0.1) is 0 Å². The summed E-state index contributed by atoms with van der Waals surface area (Å²) in [6, 6.07) is 0. The molecule has 0 aliphatic rings. The van der Waals surface area contributed by atoms with Crippen LogP contribution in [0.15, 0.2) is 0 Å². The van der Waals surface area contributed by atoms with Crippen LogP contribution < -0.4 is 0 Å². The van der Waals surface area contributed by atoms with Gasteiger partial charge in [0.25, 0.3) is 0 Å². The van der Waals surface area contributed by atoms with Crippen LogP contribution in [0.5, 0.6) is 0 Å². The average Bonchev–Trinajstić information content (AvgIpc) is 1.83. The fourth-order valence-electron chi connectivity index (χ4n) is 0.353. The molecule has 0 aliphatic heterocycles. The third-order valence-corrected chi connectivity index (χ3v) is 6.24. The Bertz CT molecular complexity index is 68.1. The predicted molar refractivity (Wildman–Crippen MR) is 46.2 cm³/mol. The van der Waals surface area contributed by atoms with Crippen molar-refractivity contribution >= 4 is 23.5 Å². The molecule has 0 fully saturated rings. The molecule has 0 aromatic rings. The Balaban J connectivity index is 3.06. The zero-order chi connectivity index (χ0) is 7.28. The number of rotatable bonds is 4. The first kappa shape index (κ1) is 9.87. The zero-order valence-electron chi connectivity index (χ0n) is 6.29. The van der Waals surface area contributed by atoms with Crippen LogP contribution in [-0.2, 0) is 0 Å². The van der Waals surface area contributed by atoms with E-state index in [2.05, 4.69) is 11.4 Å². The maximum atomic E-state index is 9.11. The average molecular weight is 210 g/mol. The molecule has 0 amide bonds. The number of aliphatic hydroxyl groups excluding tert-OH is 1. The summed E-state index contributed by atoms with van der Waals surface area (Å²) in [6.45, 7) is 2.02. The van der Waals surface area contributed by atoms with Gasteiger partial charge in [-0.3, -0.25) is 0 Å². The molecule has 0 spiro atoms. The molecule has 0 saturated heterocycles. The molecule has 9 heavy (non-hydrogen) atoms. The normalized spacial score (nSPS) is 14.3. The molecule has 1 N–H and O–H groups in total. The van der Waals surface area contributed by atoms with Crippen molar-refractivity contribution in [3.8, 4) is 0 Å². The quantitative estimate of drug-likeness (QED) is 0.713. The third-order valence-electron chi connectivity index (χ3n) is 0.996.